The van der Waals surface area contributed by atoms with E-state index in [1.807, 2.05) is 18.2 Å². The number of carbonyl (C=O) groups excluding carboxylic acids is 1. The van der Waals surface area contributed by atoms with Crippen LogP contribution in [0.3, 0.4) is 0 Å². The van der Waals surface area contributed by atoms with Crippen molar-refractivity contribution < 1.29 is 4.79 Å². The highest BCUT2D eigenvalue weighted by Gasteiger charge is 2.15. The Bertz CT molecular complexity index is 335. The van der Waals surface area contributed by atoms with Crippen LogP contribution >= 0.6 is 9.24 Å². The first kappa shape index (κ1) is 7.75. The van der Waals surface area contributed by atoms with Crippen LogP contribution in [0.2, 0.25) is 0 Å². The Morgan fingerprint density at radius 3 is 3.08 bits per heavy atom. The highest BCUT2D eigenvalue weighted by atomic mass is 31.0. The Morgan fingerprint density at radius 2 is 2.25 bits per heavy atom. The van der Waals surface area contributed by atoms with Gasteiger partial charge in [0.2, 0.25) is 5.91 Å². The lowest BCUT2D eigenvalue weighted by Crippen LogP contribution is -2.32. The molecule has 12 heavy (non-hydrogen) atoms. The number of rotatable bonds is 0. The molecule has 0 saturated heterocycles. The van der Waals surface area contributed by atoms with Crippen molar-refractivity contribution in [1.82, 2.24) is 5.32 Å². The third-order valence-corrected chi connectivity index (χ3v) is 2.66. The van der Waals surface area contributed by atoms with Crippen molar-refractivity contribution in [2.24, 2.45) is 0 Å². The Labute approximate surface area is 73.6 Å². The molecule has 1 N–H and O–H groups in total. The predicted molar refractivity (Wildman–Crippen MR) is 51.3 cm³/mol. The summed E-state index contributed by atoms with van der Waals surface area (Å²) in [5.41, 5.74) is 2.41. The SMILES string of the molecule is O=C1Cc2cccc(P)c2CN1. The second-order valence-electron chi connectivity index (χ2n) is 2.94. The van der Waals surface area contributed by atoms with Crippen molar-refractivity contribution in [3.63, 3.8) is 0 Å². The minimum absolute atomic E-state index is 0.123. The molecule has 1 aliphatic rings. The van der Waals surface area contributed by atoms with Gasteiger partial charge in [0, 0.05) is 6.54 Å². The normalized spacial score (nSPS) is 15.2. The van der Waals surface area contributed by atoms with Crippen LogP contribution in [0.25, 0.3) is 0 Å². The van der Waals surface area contributed by atoms with Gasteiger partial charge in [0.05, 0.1) is 6.42 Å². The molecule has 0 bridgehead atoms. The molecule has 1 aromatic carbocycles. The monoisotopic (exact) mass is 179 g/mol. The summed E-state index contributed by atoms with van der Waals surface area (Å²) in [6, 6.07) is 6.04. The molecule has 0 aliphatic carbocycles. The first-order valence-corrected chi connectivity index (χ1v) is 4.48. The third-order valence-electron chi connectivity index (χ3n) is 2.12. The molecule has 0 saturated carbocycles. The molecule has 0 fully saturated rings. The minimum atomic E-state index is 0.123. The Kier molecular flexibility index (Phi) is 1.86. The van der Waals surface area contributed by atoms with Crippen LogP contribution in [0.4, 0.5) is 0 Å². The number of nitrogens with one attached hydrogen (secondary N) is 1. The quantitative estimate of drug-likeness (QED) is 0.572. The van der Waals surface area contributed by atoms with E-state index in [0.717, 1.165) is 5.56 Å². The number of benzene rings is 1. The predicted octanol–water partition coefficient (Wildman–Crippen LogP) is 0.359. The second-order valence-corrected chi connectivity index (χ2v) is 3.56. The molecule has 3 heteroatoms. The zero-order valence-electron chi connectivity index (χ0n) is 6.63. The van der Waals surface area contributed by atoms with Crippen molar-refractivity contribution in [2.45, 2.75) is 13.0 Å². The third kappa shape index (κ3) is 1.23. The molecule has 0 aromatic heterocycles. The Morgan fingerprint density at radius 1 is 1.42 bits per heavy atom. The largest absolute Gasteiger partial charge is 0.352 e. The fourth-order valence-corrected chi connectivity index (χ4v) is 1.86. The summed E-state index contributed by atoms with van der Waals surface area (Å²) in [6.45, 7) is 0.674. The lowest BCUT2D eigenvalue weighted by Gasteiger charge is -2.17. The van der Waals surface area contributed by atoms with Crippen molar-refractivity contribution in [2.75, 3.05) is 0 Å². The van der Waals surface area contributed by atoms with Crippen LogP contribution in [0.15, 0.2) is 18.2 Å². The zero-order chi connectivity index (χ0) is 8.55. The number of fused-ring (bicyclic) bond motifs is 1. The molecule has 1 atom stereocenters. The van der Waals surface area contributed by atoms with Gasteiger partial charge in [-0.1, -0.05) is 18.2 Å². The van der Waals surface area contributed by atoms with Gasteiger partial charge in [-0.05, 0) is 16.4 Å². The molecular weight excluding hydrogens is 169 g/mol. The Balaban J connectivity index is 2.48. The standard InChI is InChI=1S/C9H10NOP/c11-9-4-6-2-1-3-8(12)7(6)5-10-9/h1-3H,4-5,12H2,(H,10,11). The summed E-state index contributed by atoms with van der Waals surface area (Å²) in [4.78, 5) is 11.0. The van der Waals surface area contributed by atoms with E-state index in [4.69, 9.17) is 0 Å². The van der Waals surface area contributed by atoms with Crippen molar-refractivity contribution in [1.29, 1.82) is 0 Å². The molecule has 62 valence electrons. The first-order valence-electron chi connectivity index (χ1n) is 3.90. The van der Waals surface area contributed by atoms with Crippen molar-refractivity contribution in [3.05, 3.63) is 29.3 Å². The van der Waals surface area contributed by atoms with Crippen LogP contribution in [0.5, 0.6) is 0 Å². The number of hydrogen-bond acceptors (Lipinski definition) is 1. The van der Waals surface area contributed by atoms with Crippen LogP contribution < -0.4 is 10.6 Å². The summed E-state index contributed by atoms with van der Waals surface area (Å²) in [5, 5.41) is 4.01. The van der Waals surface area contributed by atoms with Crippen LogP contribution in [0, 0.1) is 0 Å². The van der Waals surface area contributed by atoms with Gasteiger partial charge in [-0.2, -0.15) is 0 Å². The van der Waals surface area contributed by atoms with Gasteiger partial charge in [-0.3, -0.25) is 4.79 Å². The zero-order valence-corrected chi connectivity index (χ0v) is 7.79. The number of carbonyl (C=O) groups is 1. The highest BCUT2D eigenvalue weighted by Crippen LogP contribution is 2.13. The molecule has 0 radical (unpaired) electrons. The molecule has 1 aromatic rings. The minimum Gasteiger partial charge on any atom is -0.352 e. The summed E-state index contributed by atoms with van der Waals surface area (Å²) in [7, 11) is 2.69. The van der Waals surface area contributed by atoms with E-state index in [-0.39, 0.29) is 5.91 Å². The van der Waals surface area contributed by atoms with Gasteiger partial charge >= 0.3 is 0 Å². The van der Waals surface area contributed by atoms with Crippen molar-refractivity contribution >= 4 is 20.5 Å². The van der Waals surface area contributed by atoms with E-state index < -0.39 is 0 Å². The van der Waals surface area contributed by atoms with Gasteiger partial charge in [0.15, 0.2) is 0 Å². The molecule has 0 spiro atoms. The average molecular weight is 179 g/mol. The fraction of sp³-hybridized carbons (Fsp3) is 0.222. The van der Waals surface area contributed by atoms with Crippen LogP contribution in [-0.4, -0.2) is 5.91 Å². The van der Waals surface area contributed by atoms with E-state index in [1.54, 1.807) is 0 Å². The van der Waals surface area contributed by atoms with E-state index >= 15 is 0 Å². The summed E-state index contributed by atoms with van der Waals surface area (Å²) in [6.07, 6.45) is 0.525. The smallest absolute Gasteiger partial charge is 0.224 e. The topological polar surface area (TPSA) is 29.1 Å². The summed E-state index contributed by atoms with van der Waals surface area (Å²) >= 11 is 0. The fourth-order valence-electron chi connectivity index (χ4n) is 1.46. The van der Waals surface area contributed by atoms with E-state index in [9.17, 15) is 4.79 Å². The van der Waals surface area contributed by atoms with Gasteiger partial charge in [-0.25, -0.2) is 0 Å². The Hall–Kier alpha value is -0.880. The van der Waals surface area contributed by atoms with E-state index in [1.165, 1.54) is 10.9 Å². The number of hydrogen-bond donors (Lipinski definition) is 1. The molecule has 1 heterocycles. The number of amides is 1. The van der Waals surface area contributed by atoms with Crippen LogP contribution in [-0.2, 0) is 17.8 Å². The molecule has 1 unspecified atom stereocenters. The first-order chi connectivity index (χ1) is 5.77. The molecule has 2 rings (SSSR count). The van der Waals surface area contributed by atoms with Gasteiger partial charge in [-0.15, -0.1) is 9.24 Å². The molecular formula is C9H10NOP. The van der Waals surface area contributed by atoms with Gasteiger partial charge in [0.1, 0.15) is 0 Å². The van der Waals surface area contributed by atoms with Gasteiger partial charge in [0.25, 0.3) is 0 Å². The molecule has 1 aliphatic heterocycles. The lowest BCUT2D eigenvalue weighted by atomic mass is 10.0. The molecule has 2 nitrogen and oxygen atoms in total. The summed E-state index contributed by atoms with van der Waals surface area (Å²) < 4.78 is 0. The maximum absolute atomic E-state index is 11.0. The van der Waals surface area contributed by atoms with E-state index in [0.29, 0.717) is 13.0 Å². The van der Waals surface area contributed by atoms with Gasteiger partial charge < -0.3 is 5.32 Å². The van der Waals surface area contributed by atoms with Crippen LogP contribution in [0.1, 0.15) is 11.1 Å². The average Bonchev–Trinajstić information content (AvgIpc) is 2.04. The maximum Gasteiger partial charge on any atom is 0.224 e. The second kappa shape index (κ2) is 2.87. The van der Waals surface area contributed by atoms with Crippen molar-refractivity contribution in [3.8, 4) is 0 Å². The lowest BCUT2D eigenvalue weighted by molar-refractivity contribution is -0.121. The highest BCUT2D eigenvalue weighted by molar-refractivity contribution is 7.27. The molecule has 1 amide bonds. The maximum atomic E-state index is 11.0. The van der Waals surface area contributed by atoms with E-state index in [2.05, 4.69) is 14.6 Å². The summed E-state index contributed by atoms with van der Waals surface area (Å²) in [5.74, 6) is 0.123.